The molecule has 0 radical (unpaired) electrons. The van der Waals surface area contributed by atoms with Crippen LogP contribution in [0.5, 0.6) is 5.75 Å². The topological polar surface area (TPSA) is 37.3 Å². The van der Waals surface area contributed by atoms with E-state index in [1.54, 1.807) is 0 Å². The summed E-state index contributed by atoms with van der Waals surface area (Å²) in [6.07, 6.45) is -2.80. The summed E-state index contributed by atoms with van der Waals surface area (Å²) in [6.45, 7) is 1.13. The molecule has 0 aromatic heterocycles. The summed E-state index contributed by atoms with van der Waals surface area (Å²) in [6, 6.07) is 2.48. The van der Waals surface area contributed by atoms with E-state index >= 15 is 0 Å². The van der Waals surface area contributed by atoms with E-state index in [0.29, 0.717) is 0 Å². The minimum Gasteiger partial charge on any atom is -0.507 e. The van der Waals surface area contributed by atoms with Gasteiger partial charge in [0.15, 0.2) is 5.78 Å². The van der Waals surface area contributed by atoms with Crippen LogP contribution in [0.4, 0.5) is 8.78 Å². The summed E-state index contributed by atoms with van der Waals surface area (Å²) >= 11 is 2.91. The summed E-state index contributed by atoms with van der Waals surface area (Å²) in [7, 11) is 0. The number of aromatic hydroxyl groups is 1. The molecule has 1 rings (SSSR count). The van der Waals surface area contributed by atoms with Gasteiger partial charge in [-0.1, -0.05) is 15.9 Å². The third-order valence-electron chi connectivity index (χ3n) is 1.74. The van der Waals surface area contributed by atoms with Crippen LogP contribution in [-0.2, 0) is 0 Å². The standard InChI is InChI=1S/C9H7BrF2O2/c1-4(13)7-6(14)3-2-5(10)8(7)9(11)12/h2-3,9,14H,1H3. The quantitative estimate of drug-likeness (QED) is 0.833. The number of hydrogen-bond acceptors (Lipinski definition) is 2. The van der Waals surface area contributed by atoms with E-state index in [1.165, 1.54) is 12.1 Å². The molecule has 0 bridgehead atoms. The molecule has 2 nitrogen and oxygen atoms in total. The van der Waals surface area contributed by atoms with Gasteiger partial charge in [-0.05, 0) is 19.1 Å². The molecule has 1 N–H and O–H groups in total. The van der Waals surface area contributed by atoms with Gasteiger partial charge in [0.1, 0.15) is 5.75 Å². The summed E-state index contributed by atoms with van der Waals surface area (Å²) in [4.78, 5) is 11.0. The van der Waals surface area contributed by atoms with Crippen LogP contribution in [0.3, 0.4) is 0 Å². The summed E-state index contributed by atoms with van der Waals surface area (Å²) in [5.74, 6) is -1.00. The summed E-state index contributed by atoms with van der Waals surface area (Å²) in [5, 5.41) is 9.26. The van der Waals surface area contributed by atoms with Crippen molar-refractivity contribution in [3.63, 3.8) is 0 Å². The van der Waals surface area contributed by atoms with Crippen LogP contribution in [-0.4, -0.2) is 10.9 Å². The first-order chi connectivity index (χ1) is 6.45. The lowest BCUT2D eigenvalue weighted by Gasteiger charge is -2.09. The first-order valence-electron chi connectivity index (χ1n) is 3.75. The highest BCUT2D eigenvalue weighted by molar-refractivity contribution is 9.10. The van der Waals surface area contributed by atoms with Gasteiger partial charge in [-0.15, -0.1) is 0 Å². The highest BCUT2D eigenvalue weighted by Gasteiger charge is 2.22. The van der Waals surface area contributed by atoms with E-state index in [-0.39, 0.29) is 10.0 Å². The SMILES string of the molecule is CC(=O)c1c(O)ccc(Br)c1C(F)F. The lowest BCUT2D eigenvalue weighted by atomic mass is 10.0. The zero-order valence-corrected chi connectivity index (χ0v) is 8.81. The van der Waals surface area contributed by atoms with Crippen LogP contribution < -0.4 is 0 Å². The molecular formula is C9H7BrF2O2. The number of halogens is 3. The van der Waals surface area contributed by atoms with E-state index in [4.69, 9.17) is 0 Å². The molecular weight excluding hydrogens is 258 g/mol. The van der Waals surface area contributed by atoms with Gasteiger partial charge in [-0.3, -0.25) is 4.79 Å². The molecule has 0 spiro atoms. The van der Waals surface area contributed by atoms with Crippen LogP contribution in [0, 0.1) is 0 Å². The highest BCUT2D eigenvalue weighted by atomic mass is 79.9. The molecule has 76 valence electrons. The zero-order chi connectivity index (χ0) is 10.9. The number of ketones is 1. The van der Waals surface area contributed by atoms with Crippen molar-refractivity contribution in [2.75, 3.05) is 0 Å². The lowest BCUT2D eigenvalue weighted by molar-refractivity contribution is 0.0995. The van der Waals surface area contributed by atoms with Gasteiger partial charge >= 0.3 is 0 Å². The molecule has 0 saturated carbocycles. The lowest BCUT2D eigenvalue weighted by Crippen LogP contribution is -2.01. The van der Waals surface area contributed by atoms with E-state index in [2.05, 4.69) is 15.9 Å². The number of phenolic OH excluding ortho intramolecular Hbond substituents is 1. The number of carbonyl (C=O) groups is 1. The van der Waals surface area contributed by atoms with Crippen LogP contribution in [0.1, 0.15) is 29.3 Å². The number of carbonyl (C=O) groups excluding carboxylic acids is 1. The fourth-order valence-electron chi connectivity index (χ4n) is 1.17. The zero-order valence-electron chi connectivity index (χ0n) is 7.22. The maximum absolute atomic E-state index is 12.5. The van der Waals surface area contributed by atoms with Crippen molar-refractivity contribution in [1.82, 2.24) is 0 Å². The minimum absolute atomic E-state index is 0.121. The maximum Gasteiger partial charge on any atom is 0.265 e. The van der Waals surface area contributed by atoms with Gasteiger partial charge in [-0.2, -0.15) is 0 Å². The smallest absolute Gasteiger partial charge is 0.265 e. The van der Waals surface area contributed by atoms with Crippen LogP contribution in [0.2, 0.25) is 0 Å². The molecule has 0 amide bonds. The van der Waals surface area contributed by atoms with Gasteiger partial charge in [0, 0.05) is 10.0 Å². The van der Waals surface area contributed by atoms with Crippen molar-refractivity contribution in [2.24, 2.45) is 0 Å². The highest BCUT2D eigenvalue weighted by Crippen LogP contribution is 2.35. The molecule has 0 aliphatic rings. The maximum atomic E-state index is 12.5. The molecule has 1 aromatic rings. The molecule has 0 atom stereocenters. The molecule has 0 aliphatic heterocycles. The summed E-state index contributed by atoms with van der Waals surface area (Å²) in [5.41, 5.74) is -0.785. The molecule has 1 aromatic carbocycles. The number of phenols is 1. The Morgan fingerprint density at radius 1 is 1.50 bits per heavy atom. The van der Waals surface area contributed by atoms with Gasteiger partial charge in [0.25, 0.3) is 6.43 Å². The Morgan fingerprint density at radius 3 is 2.43 bits per heavy atom. The van der Waals surface area contributed by atoms with Crippen LogP contribution in [0.25, 0.3) is 0 Å². The van der Waals surface area contributed by atoms with Crippen molar-refractivity contribution in [2.45, 2.75) is 13.3 Å². The van der Waals surface area contributed by atoms with Gasteiger partial charge in [0.05, 0.1) is 5.56 Å². The largest absolute Gasteiger partial charge is 0.507 e. The second kappa shape index (κ2) is 4.04. The fraction of sp³-hybridized carbons (Fsp3) is 0.222. The average molecular weight is 265 g/mol. The van der Waals surface area contributed by atoms with Gasteiger partial charge in [0.2, 0.25) is 0 Å². The van der Waals surface area contributed by atoms with Gasteiger partial charge < -0.3 is 5.11 Å². The van der Waals surface area contributed by atoms with E-state index in [1.807, 2.05) is 0 Å². The minimum atomic E-state index is -2.80. The van der Waals surface area contributed by atoms with Crippen LogP contribution >= 0.6 is 15.9 Å². The Bertz CT molecular complexity index is 377. The third-order valence-corrected chi connectivity index (χ3v) is 2.43. The number of alkyl halides is 2. The molecule has 0 heterocycles. The van der Waals surface area contributed by atoms with Gasteiger partial charge in [-0.25, -0.2) is 8.78 Å². The predicted octanol–water partition coefficient (Wildman–Crippen LogP) is 3.29. The fourth-order valence-corrected chi connectivity index (χ4v) is 1.67. The Balaban J connectivity index is 3.50. The monoisotopic (exact) mass is 264 g/mol. The second-order valence-corrected chi connectivity index (χ2v) is 3.57. The van der Waals surface area contributed by atoms with E-state index in [9.17, 15) is 18.7 Å². The Kier molecular flexibility index (Phi) is 3.21. The third kappa shape index (κ3) is 1.92. The van der Waals surface area contributed by atoms with Crippen molar-refractivity contribution in [3.05, 3.63) is 27.7 Å². The average Bonchev–Trinajstić information content (AvgIpc) is 2.07. The normalized spacial score (nSPS) is 10.6. The first kappa shape index (κ1) is 11.1. The molecule has 0 aliphatic carbocycles. The number of hydrogen-bond donors (Lipinski definition) is 1. The Hall–Kier alpha value is -0.970. The number of rotatable bonds is 2. The van der Waals surface area contributed by atoms with E-state index < -0.39 is 23.5 Å². The molecule has 0 saturated heterocycles. The van der Waals surface area contributed by atoms with Crippen molar-refractivity contribution < 1.29 is 18.7 Å². The first-order valence-corrected chi connectivity index (χ1v) is 4.55. The van der Waals surface area contributed by atoms with Crippen molar-refractivity contribution in [1.29, 1.82) is 0 Å². The molecule has 5 heteroatoms. The number of Topliss-reactive ketones (excluding diaryl/α,β-unsaturated/α-hetero) is 1. The van der Waals surface area contributed by atoms with Crippen molar-refractivity contribution in [3.8, 4) is 5.75 Å². The van der Waals surface area contributed by atoms with E-state index in [0.717, 1.165) is 6.92 Å². The number of benzene rings is 1. The second-order valence-electron chi connectivity index (χ2n) is 2.71. The Morgan fingerprint density at radius 2 is 2.07 bits per heavy atom. The van der Waals surface area contributed by atoms with Crippen LogP contribution in [0.15, 0.2) is 16.6 Å². The van der Waals surface area contributed by atoms with Crippen molar-refractivity contribution >= 4 is 21.7 Å². The summed E-state index contributed by atoms with van der Waals surface area (Å²) < 4.78 is 25.2. The molecule has 14 heavy (non-hydrogen) atoms. The molecule has 0 unspecified atom stereocenters. The Labute approximate surface area is 87.7 Å². The molecule has 0 fully saturated rings. The predicted molar refractivity (Wildman–Crippen MR) is 50.8 cm³/mol.